The van der Waals surface area contributed by atoms with Crippen molar-refractivity contribution in [1.29, 1.82) is 0 Å². The third kappa shape index (κ3) is 4.99. The van der Waals surface area contributed by atoms with Crippen molar-refractivity contribution >= 4 is 11.8 Å². The Labute approximate surface area is 185 Å². The minimum atomic E-state index is -0.0689. The fraction of sp³-hybridized carbons (Fsp3) is 0.364. The van der Waals surface area contributed by atoms with E-state index in [1.807, 2.05) is 47.9 Å². The van der Waals surface area contributed by atoms with Gasteiger partial charge in [-0.25, -0.2) is 0 Å². The van der Waals surface area contributed by atoms with Crippen LogP contribution in [0.4, 0.5) is 0 Å². The van der Waals surface area contributed by atoms with Crippen LogP contribution in [0.25, 0.3) is 11.4 Å². The van der Waals surface area contributed by atoms with E-state index in [0.29, 0.717) is 12.4 Å². The summed E-state index contributed by atoms with van der Waals surface area (Å²) in [7, 11) is 1.65. The molecule has 0 aliphatic rings. The second-order valence-corrected chi connectivity index (χ2v) is 8.42. The Hall–Kier alpha value is -3.07. The van der Waals surface area contributed by atoms with Crippen molar-refractivity contribution in [3.05, 3.63) is 60.1 Å². The summed E-state index contributed by atoms with van der Waals surface area (Å²) in [6.07, 6.45) is 4.63. The normalized spacial score (nSPS) is 12.2. The van der Waals surface area contributed by atoms with Crippen molar-refractivity contribution in [3.63, 3.8) is 0 Å². The summed E-state index contributed by atoms with van der Waals surface area (Å²) >= 11 is 1.53. The molecule has 4 rings (SSSR count). The maximum atomic E-state index is 5.58. The van der Waals surface area contributed by atoms with Gasteiger partial charge in [0.05, 0.1) is 25.2 Å². The SMILES string of the molecule is CCCCc1noc(C(C)Sc2nnc(-c3cccc(OC)c3)n2Cc2ccco2)n1. The summed E-state index contributed by atoms with van der Waals surface area (Å²) in [4.78, 5) is 4.55. The first-order chi connectivity index (χ1) is 15.2. The molecule has 1 unspecified atom stereocenters. The van der Waals surface area contributed by atoms with Gasteiger partial charge in [0.2, 0.25) is 5.89 Å². The predicted octanol–water partition coefficient (Wildman–Crippen LogP) is 5.17. The molecular formula is C22H25N5O3S. The van der Waals surface area contributed by atoms with E-state index in [0.717, 1.165) is 53.1 Å². The van der Waals surface area contributed by atoms with Crippen LogP contribution in [0.15, 0.2) is 56.8 Å². The Morgan fingerprint density at radius 2 is 2.10 bits per heavy atom. The number of methoxy groups -OCH3 is 1. The molecule has 0 aliphatic carbocycles. The third-order valence-corrected chi connectivity index (χ3v) is 5.87. The average Bonchev–Trinajstić information content (AvgIpc) is 3.55. The quantitative estimate of drug-likeness (QED) is 0.312. The molecule has 31 heavy (non-hydrogen) atoms. The highest BCUT2D eigenvalue weighted by atomic mass is 32.2. The number of aryl methyl sites for hydroxylation is 1. The zero-order chi connectivity index (χ0) is 21.6. The number of benzene rings is 1. The minimum Gasteiger partial charge on any atom is -0.497 e. The smallest absolute Gasteiger partial charge is 0.239 e. The third-order valence-electron chi connectivity index (χ3n) is 4.81. The van der Waals surface area contributed by atoms with Crippen LogP contribution in [0.5, 0.6) is 5.75 Å². The van der Waals surface area contributed by atoms with Crippen molar-refractivity contribution in [2.45, 2.75) is 50.1 Å². The Kier molecular flexibility index (Phi) is 6.71. The van der Waals surface area contributed by atoms with Crippen molar-refractivity contribution in [1.82, 2.24) is 24.9 Å². The highest BCUT2D eigenvalue weighted by Gasteiger charge is 2.22. The molecule has 4 aromatic rings. The number of furan rings is 1. The Morgan fingerprint density at radius 1 is 1.19 bits per heavy atom. The maximum absolute atomic E-state index is 5.58. The zero-order valence-electron chi connectivity index (χ0n) is 17.8. The van der Waals surface area contributed by atoms with E-state index in [4.69, 9.17) is 13.7 Å². The molecule has 1 atom stereocenters. The van der Waals surface area contributed by atoms with Crippen molar-refractivity contribution < 1.29 is 13.7 Å². The average molecular weight is 440 g/mol. The van der Waals surface area contributed by atoms with Crippen LogP contribution in [0, 0.1) is 0 Å². The van der Waals surface area contributed by atoms with Crippen LogP contribution in [0.3, 0.4) is 0 Å². The summed E-state index contributed by atoms with van der Waals surface area (Å²) in [6, 6.07) is 11.6. The van der Waals surface area contributed by atoms with Crippen LogP contribution < -0.4 is 4.74 Å². The number of rotatable bonds is 10. The van der Waals surface area contributed by atoms with Gasteiger partial charge in [0, 0.05) is 12.0 Å². The van der Waals surface area contributed by atoms with Gasteiger partial charge in [-0.1, -0.05) is 42.4 Å². The second kappa shape index (κ2) is 9.82. The summed E-state index contributed by atoms with van der Waals surface area (Å²) in [5.74, 6) is 3.65. The molecule has 3 heterocycles. The molecule has 0 spiro atoms. The standard InChI is InChI=1S/C22H25N5O3S/c1-4-5-11-19-23-21(30-26-19)15(2)31-22-25-24-20(16-8-6-9-17(13-16)28-3)27(22)14-18-10-7-12-29-18/h6-10,12-13,15H,4-5,11,14H2,1-3H3. The lowest BCUT2D eigenvalue weighted by atomic mass is 10.2. The highest BCUT2D eigenvalue weighted by molar-refractivity contribution is 7.99. The van der Waals surface area contributed by atoms with E-state index in [2.05, 4.69) is 27.3 Å². The molecule has 0 saturated carbocycles. The van der Waals surface area contributed by atoms with Crippen molar-refractivity contribution in [2.24, 2.45) is 0 Å². The number of thioether (sulfide) groups is 1. The topological polar surface area (TPSA) is 92.0 Å². The number of aromatic nitrogens is 5. The van der Waals surface area contributed by atoms with E-state index >= 15 is 0 Å². The van der Waals surface area contributed by atoms with E-state index < -0.39 is 0 Å². The minimum absolute atomic E-state index is 0.0689. The number of ether oxygens (including phenoxy) is 1. The Balaban J connectivity index is 1.62. The van der Waals surface area contributed by atoms with Gasteiger partial charge in [0.1, 0.15) is 11.5 Å². The van der Waals surface area contributed by atoms with E-state index in [9.17, 15) is 0 Å². The van der Waals surface area contributed by atoms with Gasteiger partial charge in [-0.05, 0) is 37.6 Å². The molecule has 0 fully saturated rings. The molecule has 0 aliphatic heterocycles. The van der Waals surface area contributed by atoms with Gasteiger partial charge < -0.3 is 13.7 Å². The summed E-state index contributed by atoms with van der Waals surface area (Å²) in [6.45, 7) is 4.68. The fourth-order valence-electron chi connectivity index (χ4n) is 3.13. The molecule has 0 bridgehead atoms. The lowest BCUT2D eigenvalue weighted by Gasteiger charge is -2.11. The fourth-order valence-corrected chi connectivity index (χ4v) is 4.01. The molecule has 8 nitrogen and oxygen atoms in total. The molecule has 0 saturated heterocycles. The molecule has 0 N–H and O–H groups in total. The van der Waals surface area contributed by atoms with Crippen LogP contribution in [0.2, 0.25) is 0 Å². The van der Waals surface area contributed by atoms with E-state index in [1.165, 1.54) is 11.8 Å². The van der Waals surface area contributed by atoms with Gasteiger partial charge >= 0.3 is 0 Å². The molecular weight excluding hydrogens is 414 g/mol. The van der Waals surface area contributed by atoms with Gasteiger partial charge in [-0.3, -0.25) is 4.57 Å². The monoisotopic (exact) mass is 439 g/mol. The number of unbranched alkanes of at least 4 members (excludes halogenated alkanes) is 1. The molecule has 3 aromatic heterocycles. The van der Waals surface area contributed by atoms with Gasteiger partial charge in [0.15, 0.2) is 16.8 Å². The van der Waals surface area contributed by atoms with Crippen molar-refractivity contribution in [3.8, 4) is 17.1 Å². The molecule has 0 amide bonds. The first-order valence-corrected chi connectivity index (χ1v) is 11.1. The molecule has 0 radical (unpaired) electrons. The van der Waals surface area contributed by atoms with Crippen LogP contribution in [-0.4, -0.2) is 32.0 Å². The second-order valence-electron chi connectivity index (χ2n) is 7.12. The van der Waals surface area contributed by atoms with E-state index in [1.54, 1.807) is 13.4 Å². The predicted molar refractivity (Wildman–Crippen MR) is 117 cm³/mol. The van der Waals surface area contributed by atoms with Gasteiger partial charge in [0.25, 0.3) is 0 Å². The molecule has 9 heteroatoms. The first-order valence-electron chi connectivity index (χ1n) is 10.3. The highest BCUT2D eigenvalue weighted by Crippen LogP contribution is 2.35. The summed E-state index contributed by atoms with van der Waals surface area (Å²) < 4.78 is 18.5. The maximum Gasteiger partial charge on any atom is 0.239 e. The lowest BCUT2D eigenvalue weighted by Crippen LogP contribution is -2.04. The van der Waals surface area contributed by atoms with Crippen molar-refractivity contribution in [2.75, 3.05) is 7.11 Å². The summed E-state index contributed by atoms with van der Waals surface area (Å²) in [5, 5.41) is 13.7. The van der Waals surface area contributed by atoms with Crippen LogP contribution in [-0.2, 0) is 13.0 Å². The Bertz CT molecular complexity index is 1110. The number of hydrogen-bond donors (Lipinski definition) is 0. The van der Waals surface area contributed by atoms with Gasteiger partial charge in [-0.2, -0.15) is 4.98 Å². The first kappa shape index (κ1) is 21.2. The largest absolute Gasteiger partial charge is 0.497 e. The number of hydrogen-bond acceptors (Lipinski definition) is 8. The van der Waals surface area contributed by atoms with Crippen LogP contribution >= 0.6 is 11.8 Å². The van der Waals surface area contributed by atoms with Gasteiger partial charge in [-0.15, -0.1) is 10.2 Å². The molecule has 1 aromatic carbocycles. The zero-order valence-corrected chi connectivity index (χ0v) is 18.6. The Morgan fingerprint density at radius 3 is 2.87 bits per heavy atom. The summed E-state index contributed by atoms with van der Waals surface area (Å²) in [5.41, 5.74) is 0.914. The number of nitrogens with zero attached hydrogens (tertiary/aromatic N) is 5. The van der Waals surface area contributed by atoms with Crippen LogP contribution in [0.1, 0.15) is 49.4 Å². The van der Waals surface area contributed by atoms with E-state index in [-0.39, 0.29) is 5.25 Å². The molecule has 162 valence electrons. The lowest BCUT2D eigenvalue weighted by molar-refractivity contribution is 0.374.